The second-order valence-corrected chi connectivity index (χ2v) is 18.8. The van der Waals surface area contributed by atoms with Gasteiger partial charge in [0.1, 0.15) is 0 Å². The predicted octanol–water partition coefficient (Wildman–Crippen LogP) is 0.0887. The van der Waals surface area contributed by atoms with Crippen molar-refractivity contribution in [3.8, 4) is 0 Å². The second-order valence-electron chi connectivity index (χ2n) is 14.3. The molecule has 248 valence electrons. The first kappa shape index (κ1) is 33.6. The molecule has 1 aromatic carbocycles. The Morgan fingerprint density at radius 1 is 1.17 bits per heavy atom. The maximum absolute atomic E-state index is 15.0. The van der Waals surface area contributed by atoms with Crippen LogP contribution in [0.5, 0.6) is 0 Å². The molecular weight excluding hydrogens is 805 g/mol. The van der Waals surface area contributed by atoms with Crippen LogP contribution in [0.2, 0.25) is 0 Å². The van der Waals surface area contributed by atoms with E-state index in [4.69, 9.17) is 4.98 Å². The van der Waals surface area contributed by atoms with Crippen molar-refractivity contribution in [1.82, 2.24) is 14.9 Å². The first-order chi connectivity index (χ1) is 21.8. The minimum atomic E-state index is -0.673. The van der Waals surface area contributed by atoms with E-state index in [0.29, 0.717) is 11.6 Å². The Morgan fingerprint density at radius 2 is 1.93 bits per heavy atom. The quantitative estimate of drug-likeness (QED) is 0.202. The van der Waals surface area contributed by atoms with Gasteiger partial charge in [-0.05, 0) is 20.3 Å². The van der Waals surface area contributed by atoms with E-state index in [-0.39, 0.29) is 45.0 Å². The maximum atomic E-state index is 15.0. The number of hydrogen-bond donors (Lipinski definition) is 2. The fourth-order valence-electron chi connectivity index (χ4n) is 6.76. The molecule has 9 heteroatoms. The molecule has 0 bridgehead atoms. The van der Waals surface area contributed by atoms with Gasteiger partial charge in [-0.25, -0.2) is 0 Å². The van der Waals surface area contributed by atoms with Crippen molar-refractivity contribution < 1.29 is 56.7 Å². The summed E-state index contributed by atoms with van der Waals surface area (Å²) in [6.07, 6.45) is 13.7. The molecule has 0 atom stereocenters. The number of aliphatic hydroxyl groups is 1. The third kappa shape index (κ3) is 6.83. The van der Waals surface area contributed by atoms with Crippen LogP contribution < -0.4 is 63.3 Å². The Bertz CT molecular complexity index is 1770. The molecule has 6 nitrogen and oxygen atoms in total. The first-order valence-electron chi connectivity index (χ1n) is 16.3. The number of carbonyl (C=O) groups is 1. The Labute approximate surface area is 292 Å². The summed E-state index contributed by atoms with van der Waals surface area (Å²) in [5.74, 6) is 0.587. The van der Waals surface area contributed by atoms with Gasteiger partial charge in [0.25, 0.3) is 0 Å². The van der Waals surface area contributed by atoms with Gasteiger partial charge < -0.3 is 5.11 Å². The number of carbonyl (C=O) groups excluding carboxylic acids is 1. The summed E-state index contributed by atoms with van der Waals surface area (Å²) < 4.78 is 24.5. The molecule has 1 amide bonds. The molecule has 2 N–H and O–H groups in total. The van der Waals surface area contributed by atoms with Crippen molar-refractivity contribution in [2.24, 2.45) is 5.92 Å². The first-order valence-corrected chi connectivity index (χ1v) is 21.1. The molecule has 2 aromatic rings. The molecule has 4 aliphatic rings. The number of hydrogen-bond acceptors (Lipinski definition) is 4. The number of fused-ring (bicyclic) bond motifs is 2. The van der Waals surface area contributed by atoms with E-state index in [9.17, 15) is 14.3 Å². The summed E-state index contributed by atoms with van der Waals surface area (Å²) in [6.45, 7) is 12.1. The molecule has 1 saturated carbocycles. The summed E-state index contributed by atoms with van der Waals surface area (Å²) in [4.78, 5) is 20.8. The SMILES string of the molecule is CC(C)n1cnc2c1=C(NC1=C(F)C=C[I-]C=C1)[I-]C=C(c1ccc3c(c1)N(C1CC(CCCCC(C)(C)O)C1)C(=O)C3(C)C)C=2. The van der Waals surface area contributed by atoms with Crippen LogP contribution in [0.15, 0.2) is 60.5 Å². The number of anilines is 1. The van der Waals surface area contributed by atoms with E-state index in [0.717, 1.165) is 75.3 Å². The summed E-state index contributed by atoms with van der Waals surface area (Å²) in [7, 11) is 0. The molecular formula is C37H45FI2N4O2-2. The standard InChI is InChI=1S/C37H45FI2N4O2/c1-23(2)43-22-41-31-19-26(21-40-34(33(31)43)42-30-13-16-39-15-12-29(30)38)25-10-11-28-32(20-25)44(35(45)37(28,5)6)27-17-24(18-27)9-7-8-14-36(3,4)46/h10-13,15-16,19-24,27,42,46H,7-9,14,17-18H2,1-6H3/q-2. The molecule has 0 spiro atoms. The molecule has 3 aliphatic heterocycles. The van der Waals surface area contributed by atoms with Gasteiger partial charge in [-0.3, -0.25) is 0 Å². The summed E-state index contributed by atoms with van der Waals surface area (Å²) in [5.41, 5.74) is 3.65. The summed E-state index contributed by atoms with van der Waals surface area (Å²) in [6, 6.07) is 6.95. The third-order valence-electron chi connectivity index (χ3n) is 9.49. The van der Waals surface area contributed by atoms with Gasteiger partial charge in [-0.2, -0.15) is 0 Å². The van der Waals surface area contributed by atoms with Crippen LogP contribution >= 0.6 is 0 Å². The zero-order valence-electron chi connectivity index (χ0n) is 27.6. The van der Waals surface area contributed by atoms with Crippen molar-refractivity contribution in [3.05, 3.63) is 82.3 Å². The number of rotatable bonds is 10. The van der Waals surface area contributed by atoms with Gasteiger partial charge in [0.05, 0.1) is 5.60 Å². The average molecular weight is 851 g/mol. The van der Waals surface area contributed by atoms with Crippen LogP contribution in [0.3, 0.4) is 0 Å². The monoisotopic (exact) mass is 850 g/mol. The minimum absolute atomic E-state index is 0.192. The van der Waals surface area contributed by atoms with E-state index in [1.54, 1.807) is 6.08 Å². The van der Waals surface area contributed by atoms with E-state index in [2.05, 4.69) is 61.1 Å². The van der Waals surface area contributed by atoms with Gasteiger partial charge in [0.2, 0.25) is 0 Å². The number of benzene rings is 1. The fourth-order valence-corrected chi connectivity index (χ4v) is 10.6. The zero-order valence-corrected chi connectivity index (χ0v) is 31.9. The number of aromatic nitrogens is 2. The van der Waals surface area contributed by atoms with E-state index in [1.165, 1.54) is 0 Å². The van der Waals surface area contributed by atoms with Crippen molar-refractivity contribution >= 4 is 26.9 Å². The molecule has 0 unspecified atom stereocenters. The van der Waals surface area contributed by atoms with Crippen molar-refractivity contribution in [1.29, 1.82) is 0 Å². The van der Waals surface area contributed by atoms with Gasteiger partial charge in [-0.1, -0.05) is 0 Å². The number of nitrogens with one attached hydrogen (secondary N) is 1. The third-order valence-corrected chi connectivity index (χ3v) is 13.4. The molecule has 0 saturated heterocycles. The molecule has 0 radical (unpaired) electrons. The number of allylic oxidation sites excluding steroid dienone is 4. The van der Waals surface area contributed by atoms with Crippen LogP contribution in [0.25, 0.3) is 15.4 Å². The van der Waals surface area contributed by atoms with Gasteiger partial charge >= 0.3 is 264 Å². The summed E-state index contributed by atoms with van der Waals surface area (Å²) >= 11 is -0.954. The molecule has 1 aromatic heterocycles. The Balaban J connectivity index is 1.28. The van der Waals surface area contributed by atoms with Crippen molar-refractivity contribution in [2.45, 2.75) is 103 Å². The van der Waals surface area contributed by atoms with E-state index >= 15 is 0 Å². The topological polar surface area (TPSA) is 70.4 Å². The van der Waals surface area contributed by atoms with Crippen LogP contribution in [0, 0.1) is 5.92 Å². The van der Waals surface area contributed by atoms with E-state index < -0.39 is 32.2 Å². The number of imidazole rings is 1. The van der Waals surface area contributed by atoms with Crippen LogP contribution in [0.4, 0.5) is 10.1 Å². The number of nitrogens with zero attached hydrogens (tertiary/aromatic N) is 3. The van der Waals surface area contributed by atoms with Gasteiger partial charge in [0.15, 0.2) is 0 Å². The molecule has 1 aliphatic carbocycles. The van der Waals surface area contributed by atoms with Gasteiger partial charge in [-0.15, -0.1) is 0 Å². The van der Waals surface area contributed by atoms with Crippen molar-refractivity contribution in [3.63, 3.8) is 0 Å². The number of halogens is 3. The van der Waals surface area contributed by atoms with Crippen molar-refractivity contribution in [2.75, 3.05) is 4.90 Å². The Morgan fingerprint density at radius 3 is 2.67 bits per heavy atom. The predicted molar refractivity (Wildman–Crippen MR) is 175 cm³/mol. The van der Waals surface area contributed by atoms with Crippen LogP contribution in [0.1, 0.15) is 97.2 Å². The fraction of sp³-hybridized carbons (Fsp3) is 0.459. The Hall–Kier alpha value is -2.25. The van der Waals surface area contributed by atoms with Crippen LogP contribution in [-0.2, 0) is 10.2 Å². The number of unbranched alkanes of at least 4 members (excludes halogenated alkanes) is 1. The zero-order chi connectivity index (χ0) is 32.8. The normalized spacial score (nSPS) is 22.6. The summed E-state index contributed by atoms with van der Waals surface area (Å²) in [5, 5.41) is 15.4. The Kier molecular flexibility index (Phi) is 9.75. The second kappa shape index (κ2) is 13.3. The number of amides is 1. The molecule has 46 heavy (non-hydrogen) atoms. The molecule has 6 rings (SSSR count). The van der Waals surface area contributed by atoms with Gasteiger partial charge in [0, 0.05) is 0 Å². The average Bonchev–Trinajstić information content (AvgIpc) is 3.30. The van der Waals surface area contributed by atoms with Crippen LogP contribution in [-0.4, -0.2) is 32.2 Å². The van der Waals surface area contributed by atoms with E-state index in [1.807, 2.05) is 44.2 Å². The molecule has 1 fully saturated rings. The molecule has 4 heterocycles.